The van der Waals surface area contributed by atoms with Gasteiger partial charge in [0.1, 0.15) is 6.61 Å². The molecule has 0 N–H and O–H groups in total. The van der Waals surface area contributed by atoms with Crippen molar-refractivity contribution in [1.82, 2.24) is 4.90 Å². The zero-order chi connectivity index (χ0) is 24.3. The molecule has 2 atom stereocenters. The molecule has 2 aromatic carbocycles. The number of piperidine rings is 1. The maximum Gasteiger partial charge on any atom is 0.309 e. The van der Waals surface area contributed by atoms with Gasteiger partial charge in [-0.3, -0.25) is 4.79 Å². The number of likely N-dealkylation sites (tertiary alicyclic amines) is 1. The van der Waals surface area contributed by atoms with Gasteiger partial charge in [-0.25, -0.2) is 0 Å². The molecular weight excluding hydrogens is 467 g/mol. The summed E-state index contributed by atoms with van der Waals surface area (Å²) in [4.78, 5) is 15.1. The molecule has 1 fully saturated rings. The van der Waals surface area contributed by atoms with Gasteiger partial charge in [0.2, 0.25) is 0 Å². The molecule has 2 unspecified atom stereocenters. The van der Waals surface area contributed by atoms with Crippen molar-refractivity contribution in [3.8, 4) is 6.07 Å². The van der Waals surface area contributed by atoms with Crippen molar-refractivity contribution in [3.63, 3.8) is 0 Å². The largest absolute Gasteiger partial charge is 0.461 e. The van der Waals surface area contributed by atoms with E-state index in [4.69, 9.17) is 27.9 Å². The van der Waals surface area contributed by atoms with Gasteiger partial charge in [-0.05, 0) is 87.3 Å². The van der Waals surface area contributed by atoms with Gasteiger partial charge >= 0.3 is 5.97 Å². The lowest BCUT2D eigenvalue weighted by atomic mass is 9.89. The molecule has 4 nitrogen and oxygen atoms in total. The van der Waals surface area contributed by atoms with Crippen LogP contribution in [0, 0.1) is 29.1 Å². The van der Waals surface area contributed by atoms with E-state index in [0.717, 1.165) is 44.0 Å². The number of esters is 1. The van der Waals surface area contributed by atoms with Crippen molar-refractivity contribution in [1.29, 1.82) is 5.26 Å². The van der Waals surface area contributed by atoms with Crippen LogP contribution in [0.4, 0.5) is 0 Å². The number of rotatable bonds is 11. The minimum absolute atomic E-state index is 0.149. The fraction of sp³-hybridized carbons (Fsp3) is 0.500. The van der Waals surface area contributed by atoms with E-state index in [9.17, 15) is 10.1 Å². The Balaban J connectivity index is 1.39. The number of ether oxygens (including phenoxy) is 1. The number of hydrogen-bond donors (Lipinski definition) is 0. The summed E-state index contributed by atoms with van der Waals surface area (Å²) in [5, 5.41) is 10.6. The van der Waals surface area contributed by atoms with Crippen molar-refractivity contribution in [2.45, 2.75) is 52.1 Å². The van der Waals surface area contributed by atoms with Crippen molar-refractivity contribution in [2.24, 2.45) is 17.8 Å². The first kappa shape index (κ1) is 26.5. The third-order valence-electron chi connectivity index (χ3n) is 6.81. The van der Waals surface area contributed by atoms with Crippen molar-refractivity contribution < 1.29 is 9.53 Å². The number of hydrogen-bond acceptors (Lipinski definition) is 4. The Hall–Kier alpha value is -2.06. The maximum absolute atomic E-state index is 12.6. The molecule has 0 spiro atoms. The standard InChI is InChI=1S/C28H34Cl2N2O2/c1-2-25(28(33)34-20-24-8-9-26(29)27(30)18-24)17-23(19-31)12-15-32-13-10-22(11-14-32)16-21-6-4-3-5-7-21/h3-9,18,22-23,25H,2,10-17,20H2,1H3. The van der Waals surface area contributed by atoms with Crippen LogP contribution < -0.4 is 0 Å². The van der Waals surface area contributed by atoms with Crippen LogP contribution in [0.5, 0.6) is 0 Å². The highest BCUT2D eigenvalue weighted by Gasteiger charge is 2.25. The highest BCUT2D eigenvalue weighted by Crippen LogP contribution is 2.26. The predicted octanol–water partition coefficient (Wildman–Crippen LogP) is 6.94. The summed E-state index contributed by atoms with van der Waals surface area (Å²) in [6.07, 6.45) is 5.53. The first-order chi connectivity index (χ1) is 16.5. The van der Waals surface area contributed by atoms with Crippen LogP contribution in [0.2, 0.25) is 10.0 Å². The molecule has 1 aliphatic heterocycles. The Morgan fingerprint density at radius 3 is 2.50 bits per heavy atom. The molecule has 3 rings (SSSR count). The number of nitrogens with zero attached hydrogens (tertiary/aromatic N) is 2. The normalized spacial score (nSPS) is 16.5. The minimum atomic E-state index is -0.274. The average molecular weight is 501 g/mol. The summed E-state index contributed by atoms with van der Waals surface area (Å²) in [6.45, 7) is 5.19. The maximum atomic E-state index is 12.6. The van der Waals surface area contributed by atoms with E-state index < -0.39 is 0 Å². The van der Waals surface area contributed by atoms with Crippen LogP contribution in [0.3, 0.4) is 0 Å². The monoisotopic (exact) mass is 500 g/mol. The molecule has 0 saturated carbocycles. The van der Waals surface area contributed by atoms with Gasteiger partial charge in [0.25, 0.3) is 0 Å². The second-order valence-electron chi connectivity index (χ2n) is 9.29. The van der Waals surface area contributed by atoms with Gasteiger partial charge in [0.15, 0.2) is 0 Å². The number of halogens is 2. The second kappa shape index (κ2) is 13.7. The lowest BCUT2D eigenvalue weighted by molar-refractivity contribution is -0.150. The van der Waals surface area contributed by atoms with E-state index >= 15 is 0 Å². The van der Waals surface area contributed by atoms with Crippen LogP contribution in [0.25, 0.3) is 0 Å². The molecule has 0 bridgehead atoms. The zero-order valence-corrected chi connectivity index (χ0v) is 21.4. The van der Waals surface area contributed by atoms with Gasteiger partial charge in [0.05, 0.1) is 22.0 Å². The van der Waals surface area contributed by atoms with Crippen molar-refractivity contribution in [2.75, 3.05) is 19.6 Å². The Morgan fingerprint density at radius 2 is 1.85 bits per heavy atom. The molecule has 6 heteroatoms. The number of carbonyl (C=O) groups excluding carboxylic acids is 1. The zero-order valence-electron chi connectivity index (χ0n) is 19.9. The van der Waals surface area contributed by atoms with E-state index in [2.05, 4.69) is 41.3 Å². The van der Waals surface area contributed by atoms with Crippen LogP contribution in [0.15, 0.2) is 48.5 Å². The fourth-order valence-electron chi connectivity index (χ4n) is 4.61. The van der Waals surface area contributed by atoms with E-state index in [0.29, 0.717) is 22.9 Å². The Morgan fingerprint density at radius 1 is 1.12 bits per heavy atom. The molecule has 0 aromatic heterocycles. The number of nitriles is 1. The van der Waals surface area contributed by atoms with E-state index in [1.807, 2.05) is 6.92 Å². The summed E-state index contributed by atoms with van der Waals surface area (Å²) in [7, 11) is 0. The molecule has 1 aliphatic rings. The molecule has 1 heterocycles. The molecule has 34 heavy (non-hydrogen) atoms. The topological polar surface area (TPSA) is 53.3 Å². The lowest BCUT2D eigenvalue weighted by Gasteiger charge is -2.32. The van der Waals surface area contributed by atoms with E-state index in [-0.39, 0.29) is 24.4 Å². The highest BCUT2D eigenvalue weighted by molar-refractivity contribution is 6.42. The van der Waals surface area contributed by atoms with Gasteiger partial charge in [0, 0.05) is 5.92 Å². The van der Waals surface area contributed by atoms with Crippen LogP contribution in [-0.2, 0) is 22.6 Å². The predicted molar refractivity (Wildman–Crippen MR) is 138 cm³/mol. The van der Waals surface area contributed by atoms with Crippen molar-refractivity contribution >= 4 is 29.2 Å². The highest BCUT2D eigenvalue weighted by atomic mass is 35.5. The van der Waals surface area contributed by atoms with E-state index in [1.165, 1.54) is 18.4 Å². The minimum Gasteiger partial charge on any atom is -0.461 e. The van der Waals surface area contributed by atoms with Gasteiger partial charge in [-0.15, -0.1) is 0 Å². The second-order valence-corrected chi connectivity index (χ2v) is 10.1. The molecule has 182 valence electrons. The number of benzene rings is 2. The summed E-state index contributed by atoms with van der Waals surface area (Å²) >= 11 is 12.0. The SMILES string of the molecule is CCC(CC(C#N)CCN1CCC(Cc2ccccc2)CC1)C(=O)OCc1ccc(Cl)c(Cl)c1. The summed E-state index contributed by atoms with van der Waals surface area (Å²) in [5.41, 5.74) is 2.22. The smallest absolute Gasteiger partial charge is 0.309 e. The first-order valence-corrected chi connectivity index (χ1v) is 13.0. The molecule has 0 radical (unpaired) electrons. The molecule has 0 aliphatic carbocycles. The Labute approximate surface area is 213 Å². The lowest BCUT2D eigenvalue weighted by Crippen LogP contribution is -2.35. The van der Waals surface area contributed by atoms with Crippen LogP contribution in [0.1, 0.15) is 50.2 Å². The quantitative estimate of drug-likeness (QED) is 0.313. The number of carbonyl (C=O) groups is 1. The van der Waals surface area contributed by atoms with Crippen molar-refractivity contribution in [3.05, 3.63) is 69.7 Å². The van der Waals surface area contributed by atoms with Gasteiger partial charge < -0.3 is 9.64 Å². The van der Waals surface area contributed by atoms with Gasteiger partial charge in [-0.1, -0.05) is 66.5 Å². The Bertz CT molecular complexity index is 953. The van der Waals surface area contributed by atoms with Crippen LogP contribution >= 0.6 is 23.2 Å². The Kier molecular flexibility index (Phi) is 10.7. The third-order valence-corrected chi connectivity index (χ3v) is 7.55. The molecule has 2 aromatic rings. The first-order valence-electron chi connectivity index (χ1n) is 12.2. The van der Waals surface area contributed by atoms with Gasteiger partial charge in [-0.2, -0.15) is 5.26 Å². The fourth-order valence-corrected chi connectivity index (χ4v) is 4.93. The average Bonchev–Trinajstić information content (AvgIpc) is 2.86. The van der Waals surface area contributed by atoms with E-state index in [1.54, 1.807) is 18.2 Å². The summed E-state index contributed by atoms with van der Waals surface area (Å²) < 4.78 is 5.52. The molecule has 1 saturated heterocycles. The molecular formula is C28H34Cl2N2O2. The molecule has 0 amide bonds. The summed E-state index contributed by atoms with van der Waals surface area (Å²) in [5.74, 6) is 0.0595. The summed E-state index contributed by atoms with van der Waals surface area (Å²) in [6, 6.07) is 18.3. The van der Waals surface area contributed by atoms with Crippen LogP contribution in [-0.4, -0.2) is 30.5 Å². The third kappa shape index (κ3) is 8.31.